The van der Waals surface area contributed by atoms with Crippen molar-refractivity contribution in [1.82, 2.24) is 5.48 Å². The molecule has 8 heavy (non-hydrogen) atoms. The highest BCUT2D eigenvalue weighted by Crippen LogP contribution is 1.73. The van der Waals surface area contributed by atoms with Crippen LogP contribution in [0, 0.1) is 0 Å². The molecule has 0 amide bonds. The summed E-state index contributed by atoms with van der Waals surface area (Å²) in [5, 5.41) is 7.97. The van der Waals surface area contributed by atoms with Gasteiger partial charge >= 0.3 is 5.97 Å². The third-order valence-electron chi connectivity index (χ3n) is 0.381. The number of aliphatic carboxylic acids is 1. The third-order valence-corrected chi connectivity index (χ3v) is 0.548. The van der Waals surface area contributed by atoms with Crippen molar-refractivity contribution in [3.63, 3.8) is 0 Å². The lowest BCUT2D eigenvalue weighted by Crippen LogP contribution is -2.17. The van der Waals surface area contributed by atoms with Crippen molar-refractivity contribution in [2.24, 2.45) is 0 Å². The fourth-order valence-electron chi connectivity index (χ4n) is 0.172. The van der Waals surface area contributed by atoms with Gasteiger partial charge in [-0.05, 0) is 0 Å². The minimum atomic E-state index is -0.976. The minimum Gasteiger partial charge on any atom is -0.479 e. The zero-order valence-electron chi connectivity index (χ0n) is 4.26. The van der Waals surface area contributed by atoms with Crippen molar-refractivity contribution >= 4 is 15.2 Å². The average Bonchev–Trinajstić information content (AvgIpc) is 1.66. The second kappa shape index (κ2) is 4.97. The van der Waals surface area contributed by atoms with Gasteiger partial charge in [0.05, 0.1) is 0 Å². The van der Waals surface area contributed by atoms with Gasteiger partial charge in [0, 0.05) is 6.29 Å². The Hall–Kier alpha value is -0.180. The fourth-order valence-corrected chi connectivity index (χ4v) is 0.290. The molecule has 0 saturated heterocycles. The van der Waals surface area contributed by atoms with Gasteiger partial charge in [-0.25, -0.2) is 4.79 Å². The molecule has 0 heterocycles. The highest BCUT2D eigenvalue weighted by molar-refractivity contribution is 7.16. The lowest BCUT2D eigenvalue weighted by atomic mass is 10.8. The highest BCUT2D eigenvalue weighted by atomic mass is 31.0. The number of rotatable bonds is 4. The Bertz CT molecular complexity index is 76.9. The maximum atomic E-state index is 9.70. The van der Waals surface area contributed by atoms with E-state index in [9.17, 15) is 4.79 Å². The summed E-state index contributed by atoms with van der Waals surface area (Å²) in [6, 6.07) is 0. The summed E-state index contributed by atoms with van der Waals surface area (Å²) in [6.45, 7) is -0.297. The molecule has 0 aromatic heterocycles. The van der Waals surface area contributed by atoms with Crippen LogP contribution in [-0.4, -0.2) is 24.0 Å². The fraction of sp³-hybridized carbons (Fsp3) is 0.667. The van der Waals surface area contributed by atoms with E-state index in [1.54, 1.807) is 0 Å². The normalized spacial score (nSPS) is 9.12. The summed E-state index contributed by atoms with van der Waals surface area (Å²) in [6.07, 6.45) is 0.535. The van der Waals surface area contributed by atoms with Gasteiger partial charge < -0.3 is 5.11 Å². The lowest BCUT2D eigenvalue weighted by Gasteiger charge is -1.96. The Morgan fingerprint density at radius 3 is 2.88 bits per heavy atom. The number of carbonyl (C=O) groups is 1. The molecule has 1 unspecified atom stereocenters. The third kappa shape index (κ3) is 5.82. The van der Waals surface area contributed by atoms with E-state index in [-0.39, 0.29) is 6.61 Å². The Labute approximate surface area is 49.4 Å². The predicted molar refractivity (Wildman–Crippen MR) is 31.3 cm³/mol. The molecule has 0 saturated carbocycles. The van der Waals surface area contributed by atoms with E-state index in [4.69, 9.17) is 5.11 Å². The first-order valence-electron chi connectivity index (χ1n) is 2.04. The summed E-state index contributed by atoms with van der Waals surface area (Å²) in [5.74, 6) is -0.976. The summed E-state index contributed by atoms with van der Waals surface area (Å²) >= 11 is 0. The van der Waals surface area contributed by atoms with Crippen LogP contribution in [0.25, 0.3) is 0 Å². The lowest BCUT2D eigenvalue weighted by molar-refractivity contribution is -0.144. The molecule has 0 bridgehead atoms. The Morgan fingerprint density at radius 2 is 2.50 bits per heavy atom. The van der Waals surface area contributed by atoms with Crippen molar-refractivity contribution in [2.75, 3.05) is 12.9 Å². The summed E-state index contributed by atoms with van der Waals surface area (Å²) in [7, 11) is 2.33. The summed E-state index contributed by atoms with van der Waals surface area (Å²) < 4.78 is 0. The van der Waals surface area contributed by atoms with E-state index < -0.39 is 5.97 Å². The molecule has 0 radical (unpaired) electrons. The summed E-state index contributed by atoms with van der Waals surface area (Å²) in [4.78, 5) is 14.1. The van der Waals surface area contributed by atoms with Gasteiger partial charge in [-0.15, -0.1) is 9.24 Å². The molecule has 2 N–H and O–H groups in total. The van der Waals surface area contributed by atoms with E-state index in [0.717, 1.165) is 0 Å². The quantitative estimate of drug-likeness (QED) is 0.309. The van der Waals surface area contributed by atoms with E-state index in [2.05, 4.69) is 19.6 Å². The highest BCUT2D eigenvalue weighted by Gasteiger charge is 1.92. The molecule has 5 heteroatoms. The number of carboxylic acid groups (broad SMARTS) is 1. The Morgan fingerprint density at radius 1 is 1.88 bits per heavy atom. The van der Waals surface area contributed by atoms with Gasteiger partial charge in [0.25, 0.3) is 0 Å². The first kappa shape index (κ1) is 7.82. The number of hydrogen-bond acceptors (Lipinski definition) is 3. The zero-order chi connectivity index (χ0) is 6.41. The van der Waals surface area contributed by atoms with Crippen LogP contribution < -0.4 is 5.48 Å². The van der Waals surface area contributed by atoms with Crippen molar-refractivity contribution < 1.29 is 14.7 Å². The molecule has 0 aliphatic heterocycles. The Kier molecular flexibility index (Phi) is 4.85. The average molecular weight is 137 g/mol. The number of hydrogen-bond donors (Lipinski definition) is 2. The molecule has 0 fully saturated rings. The molecule has 0 rings (SSSR count). The van der Waals surface area contributed by atoms with Crippen LogP contribution in [-0.2, 0) is 9.63 Å². The van der Waals surface area contributed by atoms with E-state index >= 15 is 0 Å². The Balaban J connectivity index is 2.82. The van der Waals surface area contributed by atoms with Gasteiger partial charge in [0.1, 0.15) is 0 Å². The first-order chi connectivity index (χ1) is 3.77. The van der Waals surface area contributed by atoms with E-state index in [0.29, 0.717) is 6.29 Å². The zero-order valence-corrected chi connectivity index (χ0v) is 5.41. The van der Waals surface area contributed by atoms with Crippen molar-refractivity contribution in [3.8, 4) is 0 Å². The van der Waals surface area contributed by atoms with Crippen LogP contribution >= 0.6 is 9.24 Å². The number of carboxylic acids is 1. The molecule has 0 aromatic carbocycles. The van der Waals surface area contributed by atoms with Crippen LogP contribution in [0.4, 0.5) is 0 Å². The van der Waals surface area contributed by atoms with Crippen molar-refractivity contribution in [1.29, 1.82) is 0 Å². The van der Waals surface area contributed by atoms with Crippen LogP contribution in [0.15, 0.2) is 0 Å². The van der Waals surface area contributed by atoms with Crippen molar-refractivity contribution in [2.45, 2.75) is 0 Å². The molecule has 1 atom stereocenters. The smallest absolute Gasteiger partial charge is 0.331 e. The molecule has 0 aromatic rings. The molecule has 0 aliphatic rings. The molecule has 0 aliphatic carbocycles. The molecular formula is C3H8NO3P. The van der Waals surface area contributed by atoms with Gasteiger partial charge in [-0.2, -0.15) is 5.48 Å². The minimum absolute atomic E-state index is 0.297. The van der Waals surface area contributed by atoms with Crippen LogP contribution in [0.1, 0.15) is 0 Å². The standard InChI is InChI=1S/C3H8NO3P/c5-3(6)1-7-4-2-8/h4H,1-2,8H2,(H,5,6). The number of nitrogens with one attached hydrogen (secondary N) is 1. The second-order valence-corrected chi connectivity index (χ2v) is 1.44. The van der Waals surface area contributed by atoms with Crippen LogP contribution in [0.3, 0.4) is 0 Å². The second-order valence-electron chi connectivity index (χ2n) is 1.03. The van der Waals surface area contributed by atoms with Crippen LogP contribution in [0.2, 0.25) is 0 Å². The van der Waals surface area contributed by atoms with Crippen LogP contribution in [0.5, 0.6) is 0 Å². The van der Waals surface area contributed by atoms with E-state index in [1.807, 2.05) is 0 Å². The topological polar surface area (TPSA) is 58.6 Å². The van der Waals surface area contributed by atoms with Crippen molar-refractivity contribution in [3.05, 3.63) is 0 Å². The molecule has 48 valence electrons. The predicted octanol–water partition coefficient (Wildman–Crippen LogP) is -0.575. The SMILES string of the molecule is O=C(O)CONCP. The molecular weight excluding hydrogens is 129 g/mol. The molecule has 4 nitrogen and oxygen atoms in total. The number of hydroxylamine groups is 1. The largest absolute Gasteiger partial charge is 0.479 e. The van der Waals surface area contributed by atoms with Gasteiger partial charge in [0.15, 0.2) is 6.61 Å². The molecule has 0 spiro atoms. The first-order valence-corrected chi connectivity index (χ1v) is 2.85. The monoisotopic (exact) mass is 137 g/mol. The van der Waals surface area contributed by atoms with E-state index in [1.165, 1.54) is 0 Å². The maximum absolute atomic E-state index is 9.70. The van der Waals surface area contributed by atoms with Gasteiger partial charge in [-0.3, -0.25) is 4.84 Å². The maximum Gasteiger partial charge on any atom is 0.331 e. The summed E-state index contributed by atoms with van der Waals surface area (Å²) in [5.41, 5.74) is 2.36. The van der Waals surface area contributed by atoms with Gasteiger partial charge in [0.2, 0.25) is 0 Å². The van der Waals surface area contributed by atoms with Gasteiger partial charge in [-0.1, -0.05) is 0 Å².